The summed E-state index contributed by atoms with van der Waals surface area (Å²) in [7, 11) is 1.76. The average Bonchev–Trinajstić information content (AvgIpc) is 2.96. The highest BCUT2D eigenvalue weighted by atomic mass is 16.2. The lowest BCUT2D eigenvalue weighted by atomic mass is 9.76. The molecule has 2 fully saturated rings. The quantitative estimate of drug-likeness (QED) is 0.820. The third-order valence-electron chi connectivity index (χ3n) is 4.53. The molecule has 2 N–H and O–H groups in total. The van der Waals surface area contributed by atoms with Crippen molar-refractivity contribution in [2.45, 2.75) is 45.1 Å². The molecule has 0 unspecified atom stereocenters. The van der Waals surface area contributed by atoms with Gasteiger partial charge in [-0.15, -0.1) is 0 Å². The summed E-state index contributed by atoms with van der Waals surface area (Å²) in [4.78, 5) is 26.2. The van der Waals surface area contributed by atoms with Crippen molar-refractivity contribution in [3.05, 3.63) is 11.8 Å². The number of hydrogen-bond acceptors (Lipinski definition) is 4. The molecule has 0 radical (unpaired) electrons. The number of imide groups is 1. The van der Waals surface area contributed by atoms with Crippen molar-refractivity contribution in [1.82, 2.24) is 9.78 Å². The maximum absolute atomic E-state index is 12.5. The van der Waals surface area contributed by atoms with Crippen molar-refractivity contribution in [1.29, 1.82) is 0 Å². The van der Waals surface area contributed by atoms with E-state index in [-0.39, 0.29) is 23.8 Å². The van der Waals surface area contributed by atoms with Crippen molar-refractivity contribution in [2.75, 3.05) is 4.90 Å². The Labute approximate surface area is 117 Å². The maximum Gasteiger partial charge on any atom is 0.235 e. The molecular formula is C14H20N4O2. The molecule has 1 saturated carbocycles. The number of carbonyl (C=O) groups is 2. The molecule has 0 aromatic carbocycles. The number of nitrogens with zero attached hydrogens (tertiary/aromatic N) is 3. The van der Waals surface area contributed by atoms with E-state index in [1.807, 2.05) is 0 Å². The fourth-order valence-electron chi connectivity index (χ4n) is 3.57. The van der Waals surface area contributed by atoms with Crippen molar-refractivity contribution in [2.24, 2.45) is 18.2 Å². The van der Waals surface area contributed by atoms with Crippen LogP contribution in [0.2, 0.25) is 0 Å². The normalized spacial score (nSPS) is 22.0. The number of aromatic nitrogens is 2. The van der Waals surface area contributed by atoms with Crippen molar-refractivity contribution in [3.63, 3.8) is 0 Å². The van der Waals surface area contributed by atoms with Gasteiger partial charge in [-0.25, -0.2) is 4.90 Å². The highest BCUT2D eigenvalue weighted by Crippen LogP contribution is 2.47. The Morgan fingerprint density at radius 3 is 2.40 bits per heavy atom. The Morgan fingerprint density at radius 1 is 1.25 bits per heavy atom. The minimum Gasteiger partial charge on any atom is -0.326 e. The van der Waals surface area contributed by atoms with Gasteiger partial charge in [0.25, 0.3) is 0 Å². The van der Waals surface area contributed by atoms with Crippen LogP contribution < -0.4 is 10.6 Å². The molecule has 1 saturated heterocycles. The van der Waals surface area contributed by atoms with Crippen LogP contribution in [0.25, 0.3) is 0 Å². The number of anilines is 1. The first-order valence-electron chi connectivity index (χ1n) is 7.13. The highest BCUT2D eigenvalue weighted by Gasteiger charge is 2.46. The Morgan fingerprint density at radius 2 is 1.85 bits per heavy atom. The van der Waals surface area contributed by atoms with Crippen LogP contribution >= 0.6 is 0 Å². The number of aryl methyl sites for hydroxylation is 1. The molecular weight excluding hydrogens is 256 g/mol. The Hall–Kier alpha value is -1.69. The van der Waals surface area contributed by atoms with Gasteiger partial charge in [0.15, 0.2) is 5.82 Å². The third-order valence-corrected chi connectivity index (χ3v) is 4.53. The second-order valence-corrected chi connectivity index (χ2v) is 6.04. The van der Waals surface area contributed by atoms with Crippen LogP contribution in [-0.2, 0) is 23.2 Å². The molecule has 2 heterocycles. The van der Waals surface area contributed by atoms with Crippen LogP contribution in [0.5, 0.6) is 0 Å². The lowest BCUT2D eigenvalue weighted by molar-refractivity contribution is -0.133. The van der Waals surface area contributed by atoms with E-state index in [2.05, 4.69) is 5.10 Å². The Bertz CT molecular complexity index is 538. The van der Waals surface area contributed by atoms with Crippen molar-refractivity contribution in [3.8, 4) is 0 Å². The molecule has 2 aliphatic rings. The maximum atomic E-state index is 12.5. The molecule has 108 valence electrons. The van der Waals surface area contributed by atoms with Gasteiger partial charge in [0.05, 0.1) is 0 Å². The molecule has 1 aliphatic heterocycles. The molecule has 1 spiro atoms. The van der Waals surface area contributed by atoms with Gasteiger partial charge in [-0.05, 0) is 18.3 Å². The van der Waals surface area contributed by atoms with E-state index in [4.69, 9.17) is 5.73 Å². The van der Waals surface area contributed by atoms with Crippen LogP contribution in [0.4, 0.5) is 5.82 Å². The summed E-state index contributed by atoms with van der Waals surface area (Å²) in [6, 6.07) is 0. The van der Waals surface area contributed by atoms with Gasteiger partial charge in [0.1, 0.15) is 0 Å². The number of amides is 2. The molecule has 0 atom stereocenters. The minimum atomic E-state index is -0.128. The molecule has 2 amide bonds. The van der Waals surface area contributed by atoms with Gasteiger partial charge in [-0.1, -0.05) is 12.8 Å². The topological polar surface area (TPSA) is 81.2 Å². The zero-order valence-electron chi connectivity index (χ0n) is 11.8. The first kappa shape index (κ1) is 13.3. The van der Waals surface area contributed by atoms with E-state index in [1.54, 1.807) is 17.9 Å². The molecule has 1 aromatic rings. The minimum absolute atomic E-state index is 0.0810. The molecule has 1 aliphatic carbocycles. The monoisotopic (exact) mass is 276 g/mol. The van der Waals surface area contributed by atoms with E-state index < -0.39 is 0 Å². The fraction of sp³-hybridized carbons (Fsp3) is 0.643. The van der Waals surface area contributed by atoms with Gasteiger partial charge in [-0.3, -0.25) is 14.3 Å². The number of piperidine rings is 1. The van der Waals surface area contributed by atoms with Crippen molar-refractivity contribution >= 4 is 17.6 Å². The Kier molecular flexibility index (Phi) is 3.12. The zero-order chi connectivity index (χ0) is 14.3. The predicted molar refractivity (Wildman–Crippen MR) is 73.7 cm³/mol. The van der Waals surface area contributed by atoms with Gasteiger partial charge in [0.2, 0.25) is 11.8 Å². The van der Waals surface area contributed by atoms with E-state index in [0.717, 1.165) is 31.2 Å². The largest absolute Gasteiger partial charge is 0.326 e. The van der Waals surface area contributed by atoms with Crippen LogP contribution in [0, 0.1) is 5.41 Å². The van der Waals surface area contributed by atoms with Gasteiger partial charge in [0, 0.05) is 38.2 Å². The summed E-state index contributed by atoms with van der Waals surface area (Å²) < 4.78 is 1.60. The first-order valence-corrected chi connectivity index (χ1v) is 7.13. The fourth-order valence-corrected chi connectivity index (χ4v) is 3.57. The van der Waals surface area contributed by atoms with Crippen LogP contribution in [0.3, 0.4) is 0 Å². The second kappa shape index (κ2) is 4.70. The summed E-state index contributed by atoms with van der Waals surface area (Å²) in [5.74, 6) is 0.158. The number of rotatable bonds is 2. The first-order chi connectivity index (χ1) is 9.54. The molecule has 6 heteroatoms. The van der Waals surface area contributed by atoms with E-state index in [1.165, 1.54) is 4.90 Å². The van der Waals surface area contributed by atoms with Crippen molar-refractivity contribution < 1.29 is 9.59 Å². The van der Waals surface area contributed by atoms with E-state index in [0.29, 0.717) is 18.7 Å². The second-order valence-electron chi connectivity index (χ2n) is 6.04. The van der Waals surface area contributed by atoms with Gasteiger partial charge < -0.3 is 5.73 Å². The van der Waals surface area contributed by atoms with Crippen LogP contribution in [0.15, 0.2) is 6.20 Å². The van der Waals surface area contributed by atoms with E-state index in [9.17, 15) is 9.59 Å². The highest BCUT2D eigenvalue weighted by molar-refractivity contribution is 6.16. The summed E-state index contributed by atoms with van der Waals surface area (Å²) in [5, 5.41) is 4.24. The summed E-state index contributed by atoms with van der Waals surface area (Å²) in [6.45, 7) is 0.269. The van der Waals surface area contributed by atoms with Crippen LogP contribution in [0.1, 0.15) is 44.1 Å². The molecule has 6 nitrogen and oxygen atoms in total. The lowest BCUT2D eigenvalue weighted by Crippen LogP contribution is -2.48. The lowest BCUT2D eigenvalue weighted by Gasteiger charge is -2.36. The summed E-state index contributed by atoms with van der Waals surface area (Å²) in [5.41, 5.74) is 6.33. The number of hydrogen-bond donors (Lipinski definition) is 1. The van der Waals surface area contributed by atoms with Gasteiger partial charge >= 0.3 is 0 Å². The van der Waals surface area contributed by atoms with Crippen LogP contribution in [-0.4, -0.2) is 21.6 Å². The predicted octanol–water partition coefficient (Wildman–Crippen LogP) is 1.09. The molecule has 3 rings (SSSR count). The van der Waals surface area contributed by atoms with E-state index >= 15 is 0 Å². The summed E-state index contributed by atoms with van der Waals surface area (Å²) in [6.07, 6.45) is 6.90. The SMILES string of the molecule is Cn1cc(CN)c(N2C(=O)CC3(CCCC3)CC2=O)n1. The number of nitrogens with two attached hydrogens (primary N) is 1. The molecule has 1 aromatic heterocycles. The number of carbonyl (C=O) groups excluding carboxylic acids is 2. The summed E-state index contributed by atoms with van der Waals surface area (Å²) >= 11 is 0. The Balaban J connectivity index is 1.91. The smallest absolute Gasteiger partial charge is 0.235 e. The zero-order valence-corrected chi connectivity index (χ0v) is 11.8. The van der Waals surface area contributed by atoms with Gasteiger partial charge in [-0.2, -0.15) is 5.10 Å². The average molecular weight is 276 g/mol. The standard InChI is InChI=1S/C14H20N4O2/c1-17-9-10(8-15)13(16-17)18-11(19)6-14(7-12(18)20)4-2-3-5-14/h9H,2-8,15H2,1H3. The molecule has 0 bridgehead atoms. The third kappa shape index (κ3) is 2.04. The molecule has 20 heavy (non-hydrogen) atoms.